The van der Waals surface area contributed by atoms with E-state index in [2.05, 4.69) is 4.99 Å². The van der Waals surface area contributed by atoms with Crippen LogP contribution in [0.4, 0.5) is 10.1 Å². The Hall–Kier alpha value is -2.93. The molecule has 1 aromatic heterocycles. The lowest BCUT2D eigenvalue weighted by Crippen LogP contribution is -2.33. The molecule has 1 unspecified atom stereocenters. The standard InChI is InChI=1S/C18H16ClFN4O2/c1-22-8-13-15(21)18(26)24(12-7-14(20)17(25)23(2)9-12)16(13)10-3-5-11(19)6-4-10/h3-9,16H,21H2,1-2H3. The molecule has 1 aliphatic rings. The summed E-state index contributed by atoms with van der Waals surface area (Å²) in [6.07, 6.45) is 2.90. The number of carbonyl (C=O) groups excluding carboxylic acids is 1. The Morgan fingerprint density at radius 2 is 1.92 bits per heavy atom. The van der Waals surface area contributed by atoms with E-state index in [1.54, 1.807) is 31.3 Å². The van der Waals surface area contributed by atoms with E-state index in [-0.39, 0.29) is 11.4 Å². The van der Waals surface area contributed by atoms with E-state index in [0.717, 1.165) is 16.2 Å². The van der Waals surface area contributed by atoms with Gasteiger partial charge in [0.15, 0.2) is 5.82 Å². The molecular formula is C18H16ClFN4O2. The van der Waals surface area contributed by atoms with Gasteiger partial charge in [0.25, 0.3) is 11.5 Å². The first-order valence-corrected chi connectivity index (χ1v) is 8.10. The van der Waals surface area contributed by atoms with Crippen LogP contribution in [-0.2, 0) is 11.8 Å². The molecule has 0 aliphatic carbocycles. The molecule has 2 heterocycles. The quantitative estimate of drug-likeness (QED) is 0.836. The summed E-state index contributed by atoms with van der Waals surface area (Å²) in [5.41, 5.74) is 6.69. The second-order valence-corrected chi connectivity index (χ2v) is 6.28. The summed E-state index contributed by atoms with van der Waals surface area (Å²) in [5.74, 6) is -1.44. The smallest absolute Gasteiger partial charge is 0.286 e. The summed E-state index contributed by atoms with van der Waals surface area (Å²) in [4.78, 5) is 29.8. The Morgan fingerprint density at radius 3 is 2.50 bits per heavy atom. The second-order valence-electron chi connectivity index (χ2n) is 5.85. The number of anilines is 1. The molecule has 0 saturated heterocycles. The SMILES string of the molecule is CN=CC1=C(N)C(=O)N(c2cc(F)c(=O)n(C)c2)C1c1ccc(Cl)cc1. The first-order valence-electron chi connectivity index (χ1n) is 7.72. The topological polar surface area (TPSA) is 80.7 Å². The molecule has 134 valence electrons. The van der Waals surface area contributed by atoms with Crippen LogP contribution in [-0.4, -0.2) is 23.7 Å². The van der Waals surface area contributed by atoms with Gasteiger partial charge in [-0.2, -0.15) is 0 Å². The molecule has 2 N–H and O–H groups in total. The van der Waals surface area contributed by atoms with Crippen LogP contribution >= 0.6 is 11.6 Å². The largest absolute Gasteiger partial charge is 0.394 e. The molecule has 0 radical (unpaired) electrons. The molecule has 1 aliphatic heterocycles. The normalized spacial score (nSPS) is 17.6. The van der Waals surface area contributed by atoms with Gasteiger partial charge in [-0.05, 0) is 17.7 Å². The zero-order valence-corrected chi connectivity index (χ0v) is 14.9. The number of amides is 1. The zero-order chi connectivity index (χ0) is 19.0. The lowest BCUT2D eigenvalue weighted by atomic mass is 9.99. The summed E-state index contributed by atoms with van der Waals surface area (Å²) in [5, 5.41) is 0.542. The molecule has 2 aromatic rings. The van der Waals surface area contributed by atoms with Crippen molar-refractivity contribution in [2.45, 2.75) is 6.04 Å². The minimum atomic E-state index is -0.955. The number of aryl methyl sites for hydroxylation is 1. The first-order chi connectivity index (χ1) is 12.3. The van der Waals surface area contributed by atoms with Crippen LogP contribution in [0.2, 0.25) is 5.02 Å². The molecule has 6 nitrogen and oxygen atoms in total. The van der Waals surface area contributed by atoms with E-state index < -0.39 is 23.3 Å². The lowest BCUT2D eigenvalue weighted by molar-refractivity contribution is -0.114. The number of carbonyl (C=O) groups is 1. The van der Waals surface area contributed by atoms with Crippen molar-refractivity contribution in [1.82, 2.24) is 4.57 Å². The number of nitrogens with two attached hydrogens (primary N) is 1. The number of nitrogens with zero attached hydrogens (tertiary/aromatic N) is 3. The third-order valence-electron chi connectivity index (χ3n) is 4.17. The van der Waals surface area contributed by atoms with E-state index in [4.69, 9.17) is 17.3 Å². The maximum Gasteiger partial charge on any atom is 0.286 e. The van der Waals surface area contributed by atoms with Gasteiger partial charge in [0.05, 0.1) is 11.7 Å². The minimum absolute atomic E-state index is 0.0183. The average molecular weight is 375 g/mol. The number of rotatable bonds is 3. The van der Waals surface area contributed by atoms with E-state index >= 15 is 0 Å². The Kier molecular flexibility index (Phi) is 4.65. The van der Waals surface area contributed by atoms with Gasteiger partial charge in [-0.25, -0.2) is 4.39 Å². The molecule has 0 bridgehead atoms. The van der Waals surface area contributed by atoms with Crippen molar-refractivity contribution < 1.29 is 9.18 Å². The first kappa shape index (κ1) is 17.9. The number of benzene rings is 1. The van der Waals surface area contributed by atoms with Gasteiger partial charge in [0.1, 0.15) is 5.70 Å². The fourth-order valence-electron chi connectivity index (χ4n) is 2.96. The Balaban J connectivity index is 2.21. The number of aliphatic imine (C=N–C) groups is 1. The van der Waals surface area contributed by atoms with Gasteiger partial charge in [0.2, 0.25) is 0 Å². The highest BCUT2D eigenvalue weighted by Crippen LogP contribution is 2.39. The lowest BCUT2D eigenvalue weighted by Gasteiger charge is -2.27. The van der Waals surface area contributed by atoms with E-state index in [1.807, 2.05) is 0 Å². The van der Waals surface area contributed by atoms with Crippen LogP contribution in [0.15, 0.2) is 57.6 Å². The minimum Gasteiger partial charge on any atom is -0.394 e. The van der Waals surface area contributed by atoms with Crippen molar-refractivity contribution in [3.63, 3.8) is 0 Å². The molecule has 1 atom stereocenters. The number of hydrogen-bond acceptors (Lipinski definition) is 4. The van der Waals surface area contributed by atoms with Crippen LogP contribution in [0.3, 0.4) is 0 Å². The van der Waals surface area contributed by atoms with E-state index in [1.165, 1.54) is 24.4 Å². The van der Waals surface area contributed by atoms with Crippen LogP contribution < -0.4 is 16.2 Å². The number of pyridine rings is 1. The fraction of sp³-hybridized carbons (Fsp3) is 0.167. The summed E-state index contributed by atoms with van der Waals surface area (Å²) in [6, 6.07) is 7.32. The summed E-state index contributed by atoms with van der Waals surface area (Å²) in [6.45, 7) is 0. The van der Waals surface area contributed by atoms with Crippen molar-refractivity contribution in [2.75, 3.05) is 11.9 Å². The summed E-state index contributed by atoms with van der Waals surface area (Å²) >= 11 is 5.95. The molecule has 0 fully saturated rings. The van der Waals surface area contributed by atoms with Gasteiger partial charge < -0.3 is 10.3 Å². The predicted molar refractivity (Wildman–Crippen MR) is 98.9 cm³/mol. The van der Waals surface area contributed by atoms with Crippen molar-refractivity contribution in [3.8, 4) is 0 Å². The molecule has 1 aromatic carbocycles. The highest BCUT2D eigenvalue weighted by Gasteiger charge is 2.39. The molecule has 8 heteroatoms. The predicted octanol–water partition coefficient (Wildman–Crippen LogP) is 2.18. The van der Waals surface area contributed by atoms with Gasteiger partial charge in [-0.15, -0.1) is 0 Å². The number of aromatic nitrogens is 1. The highest BCUT2D eigenvalue weighted by molar-refractivity contribution is 6.30. The third kappa shape index (κ3) is 2.90. The summed E-state index contributed by atoms with van der Waals surface area (Å²) in [7, 11) is 2.98. The van der Waals surface area contributed by atoms with Crippen molar-refractivity contribution >= 4 is 29.4 Å². The van der Waals surface area contributed by atoms with Gasteiger partial charge in [-0.3, -0.25) is 19.5 Å². The van der Waals surface area contributed by atoms with Gasteiger partial charge in [0, 0.05) is 43.2 Å². The summed E-state index contributed by atoms with van der Waals surface area (Å²) < 4.78 is 15.1. The van der Waals surface area contributed by atoms with Crippen molar-refractivity contribution in [2.24, 2.45) is 17.8 Å². The molecule has 0 saturated carbocycles. The average Bonchev–Trinajstić information content (AvgIpc) is 2.85. The molecule has 1 amide bonds. The second kappa shape index (κ2) is 6.76. The molecule has 0 spiro atoms. The van der Waals surface area contributed by atoms with E-state index in [0.29, 0.717) is 10.6 Å². The number of hydrogen-bond donors (Lipinski definition) is 1. The Morgan fingerprint density at radius 1 is 1.27 bits per heavy atom. The van der Waals surface area contributed by atoms with Gasteiger partial charge in [-0.1, -0.05) is 23.7 Å². The Labute approximate surface area is 154 Å². The zero-order valence-electron chi connectivity index (χ0n) is 14.1. The third-order valence-corrected chi connectivity index (χ3v) is 4.42. The van der Waals surface area contributed by atoms with Crippen LogP contribution in [0.5, 0.6) is 0 Å². The maximum atomic E-state index is 14.0. The fourth-order valence-corrected chi connectivity index (χ4v) is 3.09. The molecule has 26 heavy (non-hydrogen) atoms. The molecule has 3 rings (SSSR count). The van der Waals surface area contributed by atoms with Crippen molar-refractivity contribution in [1.29, 1.82) is 0 Å². The van der Waals surface area contributed by atoms with Gasteiger partial charge >= 0.3 is 0 Å². The number of halogens is 2. The highest BCUT2D eigenvalue weighted by atomic mass is 35.5. The van der Waals surface area contributed by atoms with Crippen LogP contribution in [0.1, 0.15) is 11.6 Å². The van der Waals surface area contributed by atoms with E-state index in [9.17, 15) is 14.0 Å². The van der Waals surface area contributed by atoms with Crippen LogP contribution in [0, 0.1) is 5.82 Å². The van der Waals surface area contributed by atoms with Crippen molar-refractivity contribution in [3.05, 3.63) is 74.6 Å². The molecular weight excluding hydrogens is 359 g/mol. The van der Waals surface area contributed by atoms with Crippen LogP contribution in [0.25, 0.3) is 0 Å². The Bertz CT molecular complexity index is 969. The maximum absolute atomic E-state index is 14.0. The monoisotopic (exact) mass is 374 g/mol.